The molecule has 0 bridgehead atoms. The number of para-hydroxylation sites is 2. The molecule has 0 fully saturated rings. The summed E-state index contributed by atoms with van der Waals surface area (Å²) in [6, 6.07) is 14.9. The fourth-order valence-electron chi connectivity index (χ4n) is 1.58. The normalized spacial score (nSPS) is 9.94. The van der Waals surface area contributed by atoms with E-state index in [1.807, 2.05) is 42.5 Å². The van der Waals surface area contributed by atoms with Crippen molar-refractivity contribution in [1.82, 2.24) is 0 Å². The van der Waals surface area contributed by atoms with Crippen molar-refractivity contribution in [2.24, 2.45) is 0 Å². The minimum absolute atomic E-state index is 0.0506. The average Bonchev–Trinajstić information content (AvgIpc) is 2.32. The first-order valence-corrected chi connectivity index (χ1v) is 5.39. The summed E-state index contributed by atoms with van der Waals surface area (Å²) in [6.07, 6.45) is 0. The van der Waals surface area contributed by atoms with Gasteiger partial charge in [-0.15, -0.1) is 0 Å². The van der Waals surface area contributed by atoms with Crippen LogP contribution in [-0.2, 0) is 0 Å². The lowest BCUT2D eigenvalue weighted by Gasteiger charge is -2.09. The summed E-state index contributed by atoms with van der Waals surface area (Å²) in [4.78, 5) is 11.3. The predicted molar refractivity (Wildman–Crippen MR) is 70.6 cm³/mol. The summed E-state index contributed by atoms with van der Waals surface area (Å²) < 4.78 is 0. The first-order chi connectivity index (χ1) is 8.16. The second-order valence-corrected chi connectivity index (χ2v) is 3.85. The van der Waals surface area contributed by atoms with Gasteiger partial charge in [0.2, 0.25) is 0 Å². The van der Waals surface area contributed by atoms with E-state index in [2.05, 4.69) is 5.32 Å². The number of rotatable bonds is 3. The van der Waals surface area contributed by atoms with Crippen molar-refractivity contribution in [3.63, 3.8) is 0 Å². The molecule has 0 unspecified atom stereocenters. The summed E-state index contributed by atoms with van der Waals surface area (Å²) in [5, 5.41) is 3.19. The standard InChI is InChI=1S/C14H14N2O/c1-10(17)11-5-4-6-12(9-11)16-14-8-3-2-7-13(14)15/h2-9,16H,15H2,1H3. The summed E-state index contributed by atoms with van der Waals surface area (Å²) in [5.41, 5.74) is 8.90. The van der Waals surface area contributed by atoms with Gasteiger partial charge in [0.15, 0.2) is 5.78 Å². The molecule has 0 saturated carbocycles. The number of nitrogens with one attached hydrogen (secondary N) is 1. The third-order valence-corrected chi connectivity index (χ3v) is 2.51. The quantitative estimate of drug-likeness (QED) is 0.624. The lowest BCUT2D eigenvalue weighted by atomic mass is 10.1. The van der Waals surface area contributed by atoms with Gasteiger partial charge < -0.3 is 11.1 Å². The number of nitrogens with two attached hydrogens (primary N) is 1. The Balaban J connectivity index is 2.28. The van der Waals surface area contributed by atoms with Crippen molar-refractivity contribution in [3.05, 3.63) is 54.1 Å². The van der Waals surface area contributed by atoms with Crippen molar-refractivity contribution >= 4 is 22.8 Å². The largest absolute Gasteiger partial charge is 0.397 e. The Hall–Kier alpha value is -2.29. The van der Waals surface area contributed by atoms with E-state index in [0.29, 0.717) is 11.3 Å². The highest BCUT2D eigenvalue weighted by Crippen LogP contribution is 2.22. The molecular formula is C14H14N2O. The van der Waals surface area contributed by atoms with Crippen LogP contribution in [-0.4, -0.2) is 5.78 Å². The van der Waals surface area contributed by atoms with Crippen LogP contribution in [0.25, 0.3) is 0 Å². The van der Waals surface area contributed by atoms with Crippen molar-refractivity contribution in [3.8, 4) is 0 Å². The molecule has 2 aromatic rings. The minimum Gasteiger partial charge on any atom is -0.397 e. The molecule has 17 heavy (non-hydrogen) atoms. The van der Waals surface area contributed by atoms with Crippen LogP contribution >= 0.6 is 0 Å². The SMILES string of the molecule is CC(=O)c1cccc(Nc2ccccc2N)c1. The Morgan fingerprint density at radius 1 is 1.12 bits per heavy atom. The van der Waals surface area contributed by atoms with Gasteiger partial charge in [0.25, 0.3) is 0 Å². The van der Waals surface area contributed by atoms with Crippen molar-refractivity contribution in [2.45, 2.75) is 6.92 Å². The van der Waals surface area contributed by atoms with Crippen LogP contribution in [0, 0.1) is 0 Å². The lowest BCUT2D eigenvalue weighted by Crippen LogP contribution is -1.97. The second-order valence-electron chi connectivity index (χ2n) is 3.85. The number of benzene rings is 2. The van der Waals surface area contributed by atoms with Gasteiger partial charge in [0.1, 0.15) is 0 Å². The summed E-state index contributed by atoms with van der Waals surface area (Å²) >= 11 is 0. The highest BCUT2D eigenvalue weighted by molar-refractivity contribution is 5.95. The number of ketones is 1. The molecular weight excluding hydrogens is 212 g/mol. The molecule has 0 atom stereocenters. The molecule has 2 rings (SSSR count). The van der Waals surface area contributed by atoms with Gasteiger partial charge in [-0.3, -0.25) is 4.79 Å². The third-order valence-electron chi connectivity index (χ3n) is 2.51. The fourth-order valence-corrected chi connectivity index (χ4v) is 1.58. The number of hydrogen-bond donors (Lipinski definition) is 2. The average molecular weight is 226 g/mol. The third kappa shape index (κ3) is 2.64. The van der Waals surface area contributed by atoms with Crippen LogP contribution in [0.3, 0.4) is 0 Å². The van der Waals surface area contributed by atoms with Gasteiger partial charge in [-0.25, -0.2) is 0 Å². The van der Waals surface area contributed by atoms with Crippen molar-refractivity contribution in [2.75, 3.05) is 11.1 Å². The summed E-state index contributed by atoms with van der Waals surface area (Å²) in [5.74, 6) is 0.0506. The van der Waals surface area contributed by atoms with E-state index in [0.717, 1.165) is 11.4 Å². The Labute approximate surface area is 100 Å². The Bertz CT molecular complexity index is 549. The van der Waals surface area contributed by atoms with Crippen LogP contribution in [0.2, 0.25) is 0 Å². The molecule has 3 N–H and O–H groups in total. The highest BCUT2D eigenvalue weighted by Gasteiger charge is 2.02. The fraction of sp³-hybridized carbons (Fsp3) is 0.0714. The zero-order valence-corrected chi connectivity index (χ0v) is 9.60. The number of carbonyl (C=O) groups excluding carboxylic acids is 1. The van der Waals surface area contributed by atoms with Crippen LogP contribution in [0.5, 0.6) is 0 Å². The second kappa shape index (κ2) is 4.70. The first kappa shape index (κ1) is 11.2. The van der Waals surface area contributed by atoms with Gasteiger partial charge in [0, 0.05) is 11.3 Å². The van der Waals surface area contributed by atoms with Gasteiger partial charge in [-0.1, -0.05) is 24.3 Å². The van der Waals surface area contributed by atoms with E-state index in [1.54, 1.807) is 13.0 Å². The number of nitrogen functional groups attached to an aromatic ring is 1. The molecule has 0 radical (unpaired) electrons. The zero-order valence-electron chi connectivity index (χ0n) is 9.60. The summed E-state index contributed by atoms with van der Waals surface area (Å²) in [6.45, 7) is 1.55. The molecule has 3 nitrogen and oxygen atoms in total. The molecule has 2 aromatic carbocycles. The smallest absolute Gasteiger partial charge is 0.159 e. The summed E-state index contributed by atoms with van der Waals surface area (Å²) in [7, 11) is 0. The number of anilines is 3. The minimum atomic E-state index is 0.0506. The molecule has 86 valence electrons. The zero-order chi connectivity index (χ0) is 12.3. The lowest BCUT2D eigenvalue weighted by molar-refractivity contribution is 0.101. The van der Waals surface area contributed by atoms with Crippen LogP contribution in [0.1, 0.15) is 17.3 Å². The Kier molecular flexibility index (Phi) is 3.10. The van der Waals surface area contributed by atoms with Crippen molar-refractivity contribution < 1.29 is 4.79 Å². The molecule has 0 spiro atoms. The first-order valence-electron chi connectivity index (χ1n) is 5.39. The number of Topliss-reactive ketones (excluding diaryl/α,β-unsaturated/α-hetero) is 1. The van der Waals surface area contributed by atoms with Crippen molar-refractivity contribution in [1.29, 1.82) is 0 Å². The van der Waals surface area contributed by atoms with Gasteiger partial charge in [-0.2, -0.15) is 0 Å². The predicted octanol–water partition coefficient (Wildman–Crippen LogP) is 3.21. The Morgan fingerprint density at radius 2 is 1.88 bits per heavy atom. The number of hydrogen-bond acceptors (Lipinski definition) is 3. The van der Waals surface area contributed by atoms with E-state index in [9.17, 15) is 4.79 Å². The molecule has 0 aromatic heterocycles. The molecule has 3 heteroatoms. The van der Waals surface area contributed by atoms with E-state index in [4.69, 9.17) is 5.73 Å². The Morgan fingerprint density at radius 3 is 2.59 bits per heavy atom. The van der Waals surface area contributed by atoms with Gasteiger partial charge in [-0.05, 0) is 31.2 Å². The van der Waals surface area contributed by atoms with Gasteiger partial charge >= 0.3 is 0 Å². The molecule has 0 aliphatic carbocycles. The van der Waals surface area contributed by atoms with E-state index >= 15 is 0 Å². The molecule has 0 amide bonds. The van der Waals surface area contributed by atoms with Gasteiger partial charge in [0.05, 0.1) is 11.4 Å². The van der Waals surface area contributed by atoms with E-state index in [-0.39, 0.29) is 5.78 Å². The molecule has 0 aliphatic rings. The topological polar surface area (TPSA) is 55.1 Å². The number of carbonyl (C=O) groups is 1. The highest BCUT2D eigenvalue weighted by atomic mass is 16.1. The maximum atomic E-state index is 11.3. The van der Waals surface area contributed by atoms with Crippen LogP contribution < -0.4 is 11.1 Å². The molecule has 0 saturated heterocycles. The van der Waals surface area contributed by atoms with E-state index in [1.165, 1.54) is 0 Å². The van der Waals surface area contributed by atoms with Crippen LogP contribution in [0.15, 0.2) is 48.5 Å². The van der Waals surface area contributed by atoms with E-state index < -0.39 is 0 Å². The maximum absolute atomic E-state index is 11.3. The molecule has 0 heterocycles. The monoisotopic (exact) mass is 226 g/mol. The molecule has 0 aliphatic heterocycles. The van der Waals surface area contributed by atoms with Crippen LogP contribution in [0.4, 0.5) is 17.1 Å². The maximum Gasteiger partial charge on any atom is 0.159 e.